The van der Waals surface area contributed by atoms with E-state index in [9.17, 15) is 18.1 Å². The maximum atomic E-state index is 11.4. The van der Waals surface area contributed by atoms with Crippen LogP contribution in [0.3, 0.4) is 0 Å². The Balaban J connectivity index is 0. The van der Waals surface area contributed by atoms with Crippen LogP contribution in [0.25, 0.3) is 0 Å². The Labute approximate surface area is 205 Å². The van der Waals surface area contributed by atoms with Gasteiger partial charge in [0.25, 0.3) is 0 Å². The van der Waals surface area contributed by atoms with Gasteiger partial charge in [-0.3, -0.25) is 0 Å². The van der Waals surface area contributed by atoms with Gasteiger partial charge >= 0.3 is 51.4 Å². The molecule has 0 heterocycles. The Morgan fingerprint density at radius 2 is 1.12 bits per heavy atom. The average molecular weight is 417 g/mol. The van der Waals surface area contributed by atoms with Gasteiger partial charge in [0.1, 0.15) is 0 Å². The Morgan fingerprint density at radius 3 is 1.50 bits per heavy atom. The van der Waals surface area contributed by atoms with Gasteiger partial charge in [-0.05, 0) is 25.7 Å². The molecule has 0 aromatic carbocycles. The molecule has 4 nitrogen and oxygen atoms in total. The molecule has 6 heteroatoms. The Hall–Kier alpha value is 1.51. The monoisotopic (exact) mass is 416 g/mol. The molecule has 26 heavy (non-hydrogen) atoms. The molecular weight excluding hydrogens is 375 g/mol. The van der Waals surface area contributed by atoms with E-state index in [2.05, 4.69) is 6.92 Å². The summed E-state index contributed by atoms with van der Waals surface area (Å²) >= 11 is 0. The molecule has 2 unspecified atom stereocenters. The molecule has 1 N–H and O–H groups in total. The summed E-state index contributed by atoms with van der Waals surface area (Å²) in [6.45, 7) is 4.17. The minimum absolute atomic E-state index is 0. The van der Waals surface area contributed by atoms with Crippen molar-refractivity contribution in [1.29, 1.82) is 0 Å². The fourth-order valence-electron chi connectivity index (χ4n) is 3.25. The predicted octanol–water partition coefficient (Wildman–Crippen LogP) is 2.55. The second-order valence-electron chi connectivity index (χ2n) is 7.43. The van der Waals surface area contributed by atoms with Gasteiger partial charge in [0.2, 0.25) is 0 Å². The molecule has 0 fully saturated rings. The van der Waals surface area contributed by atoms with Gasteiger partial charge in [0.05, 0.1) is 16.2 Å². The van der Waals surface area contributed by atoms with Crippen molar-refractivity contribution in [3.8, 4) is 0 Å². The van der Waals surface area contributed by atoms with Crippen LogP contribution >= 0.6 is 0 Å². The summed E-state index contributed by atoms with van der Waals surface area (Å²) in [5.41, 5.74) is 0. The molecule has 0 aromatic heterocycles. The third-order valence-corrected chi connectivity index (χ3v) is 6.36. The number of aliphatic hydroxyl groups is 1. The van der Waals surface area contributed by atoms with Gasteiger partial charge in [-0.25, -0.2) is 8.42 Å². The van der Waals surface area contributed by atoms with E-state index >= 15 is 0 Å². The van der Waals surface area contributed by atoms with Gasteiger partial charge in [-0.1, -0.05) is 90.9 Å². The molecule has 152 valence electrons. The number of rotatable bonds is 18. The minimum atomic E-state index is -4.15. The van der Waals surface area contributed by atoms with Crippen LogP contribution in [0.2, 0.25) is 0 Å². The molecule has 0 aliphatic rings. The van der Waals surface area contributed by atoms with E-state index in [1.807, 2.05) is 6.92 Å². The van der Waals surface area contributed by atoms with E-state index in [1.54, 1.807) is 0 Å². The van der Waals surface area contributed by atoms with Crippen LogP contribution in [0.15, 0.2) is 0 Å². The minimum Gasteiger partial charge on any atom is -0.748 e. The van der Waals surface area contributed by atoms with Crippen molar-refractivity contribution in [2.45, 2.75) is 128 Å². The van der Waals surface area contributed by atoms with Crippen molar-refractivity contribution in [1.82, 2.24) is 0 Å². The molecule has 0 radical (unpaired) electrons. The molecule has 0 aliphatic carbocycles. The van der Waals surface area contributed by atoms with Crippen molar-refractivity contribution in [2.75, 3.05) is 0 Å². The van der Waals surface area contributed by atoms with E-state index in [4.69, 9.17) is 0 Å². The summed E-state index contributed by atoms with van der Waals surface area (Å²) in [6, 6.07) is 0. The Morgan fingerprint density at radius 1 is 0.731 bits per heavy atom. The van der Waals surface area contributed by atoms with Crippen LogP contribution in [0.5, 0.6) is 0 Å². The zero-order valence-corrected chi connectivity index (χ0v) is 21.5. The van der Waals surface area contributed by atoms with Crippen molar-refractivity contribution < 1.29 is 69.5 Å². The number of unbranched alkanes of at least 4 members (excludes halogenated alkanes) is 10. The summed E-state index contributed by atoms with van der Waals surface area (Å²) in [5, 5.41) is 8.80. The summed E-state index contributed by atoms with van der Waals surface area (Å²) in [6.07, 6.45) is 15.5. The third kappa shape index (κ3) is 18.9. The molecule has 0 spiro atoms. The SMILES string of the molecule is CCCCCCCCC(CCCCCCCCC(O)CC)S(=O)(=O)[O-].[K+]. The van der Waals surface area contributed by atoms with Gasteiger partial charge in [-0.15, -0.1) is 0 Å². The van der Waals surface area contributed by atoms with E-state index in [0.29, 0.717) is 12.8 Å². The van der Waals surface area contributed by atoms with Crippen molar-refractivity contribution in [3.63, 3.8) is 0 Å². The quantitative estimate of drug-likeness (QED) is 0.212. The first kappa shape index (κ1) is 29.7. The molecule has 0 saturated heterocycles. The zero-order chi connectivity index (χ0) is 19.0. The first-order valence-corrected chi connectivity index (χ1v) is 12.0. The number of hydrogen-bond acceptors (Lipinski definition) is 4. The summed E-state index contributed by atoms with van der Waals surface area (Å²) in [7, 11) is -4.15. The van der Waals surface area contributed by atoms with Crippen LogP contribution in [0.4, 0.5) is 0 Å². The van der Waals surface area contributed by atoms with Crippen LogP contribution in [-0.4, -0.2) is 29.4 Å². The van der Waals surface area contributed by atoms with Gasteiger partial charge < -0.3 is 9.66 Å². The summed E-state index contributed by atoms with van der Waals surface area (Å²) < 4.78 is 34.2. The molecule has 0 aliphatic heterocycles. The summed E-state index contributed by atoms with van der Waals surface area (Å²) in [5.74, 6) is 0. The smallest absolute Gasteiger partial charge is 0.748 e. The third-order valence-electron chi connectivity index (χ3n) is 5.07. The standard InChI is InChI=1S/C20H42O4S.K/c1-3-5-6-7-11-14-17-20(25(22,23)24)18-15-12-9-8-10-13-16-19(21)4-2;/h19-21H,3-18H2,1-2H3,(H,22,23,24);/q;+1/p-1. The fourth-order valence-corrected chi connectivity index (χ4v) is 4.16. The van der Waals surface area contributed by atoms with Crippen molar-refractivity contribution in [3.05, 3.63) is 0 Å². The van der Waals surface area contributed by atoms with E-state index in [-0.39, 0.29) is 57.5 Å². The van der Waals surface area contributed by atoms with Crippen LogP contribution in [0.1, 0.15) is 117 Å². The van der Waals surface area contributed by atoms with Gasteiger partial charge in [-0.2, -0.15) is 0 Å². The fraction of sp³-hybridized carbons (Fsp3) is 1.00. The van der Waals surface area contributed by atoms with Crippen LogP contribution in [0, 0.1) is 0 Å². The van der Waals surface area contributed by atoms with Gasteiger partial charge in [0.15, 0.2) is 0 Å². The normalized spacial score (nSPS) is 14.0. The molecule has 2 atom stereocenters. The maximum absolute atomic E-state index is 11.4. The first-order valence-electron chi connectivity index (χ1n) is 10.5. The second kappa shape index (κ2) is 19.8. The topological polar surface area (TPSA) is 77.4 Å². The zero-order valence-electron chi connectivity index (χ0n) is 17.5. The molecule has 0 bridgehead atoms. The molecule has 0 aromatic rings. The predicted molar refractivity (Wildman–Crippen MR) is 105 cm³/mol. The molecule has 0 rings (SSSR count). The van der Waals surface area contributed by atoms with Crippen molar-refractivity contribution in [2.24, 2.45) is 0 Å². The van der Waals surface area contributed by atoms with Crippen LogP contribution < -0.4 is 51.4 Å². The van der Waals surface area contributed by atoms with Gasteiger partial charge in [0, 0.05) is 5.25 Å². The maximum Gasteiger partial charge on any atom is 1.00 e. The Kier molecular flexibility index (Phi) is 22.6. The van der Waals surface area contributed by atoms with Crippen LogP contribution in [-0.2, 0) is 10.1 Å². The van der Waals surface area contributed by atoms with Crippen molar-refractivity contribution >= 4 is 10.1 Å². The van der Waals surface area contributed by atoms with E-state index in [1.165, 1.54) is 19.3 Å². The number of aliphatic hydroxyl groups excluding tert-OH is 1. The average Bonchev–Trinajstić information content (AvgIpc) is 2.56. The van der Waals surface area contributed by atoms with E-state index in [0.717, 1.165) is 70.6 Å². The second-order valence-corrected chi connectivity index (χ2v) is 9.08. The first-order chi connectivity index (χ1) is 11.9. The molecular formula is C20H41KO4S. The van der Waals surface area contributed by atoms with E-state index < -0.39 is 15.4 Å². The summed E-state index contributed by atoms with van der Waals surface area (Å²) in [4.78, 5) is 0. The largest absolute Gasteiger partial charge is 1.00 e. The molecule has 0 saturated carbocycles. The number of hydrogen-bond donors (Lipinski definition) is 1. The Bertz CT molecular complexity index is 387. The molecule has 0 amide bonds.